The Bertz CT molecular complexity index is 524. The van der Waals surface area contributed by atoms with Crippen molar-refractivity contribution in [3.63, 3.8) is 0 Å². The Morgan fingerprint density at radius 3 is 2.89 bits per heavy atom. The molecule has 0 atom stereocenters. The second-order valence-corrected chi connectivity index (χ2v) is 4.09. The SMILES string of the molecule is CNCCCNC(=O)c1ccccc1-c1ncn[nH]1. The molecule has 1 amide bonds. The normalized spacial score (nSPS) is 10.4. The van der Waals surface area contributed by atoms with Crippen LogP contribution in [0, 0.1) is 0 Å². The summed E-state index contributed by atoms with van der Waals surface area (Å²) < 4.78 is 0. The van der Waals surface area contributed by atoms with Crippen LogP contribution in [0.25, 0.3) is 11.4 Å². The third-order valence-electron chi connectivity index (χ3n) is 2.73. The Kier molecular flexibility index (Phi) is 4.63. The number of nitrogens with zero attached hydrogens (tertiary/aromatic N) is 2. The third-order valence-corrected chi connectivity index (χ3v) is 2.73. The molecule has 1 aromatic carbocycles. The molecule has 3 N–H and O–H groups in total. The van der Waals surface area contributed by atoms with E-state index in [0.717, 1.165) is 18.5 Å². The zero-order valence-electron chi connectivity index (χ0n) is 10.8. The fourth-order valence-electron chi connectivity index (χ4n) is 1.79. The number of rotatable bonds is 6. The molecule has 1 heterocycles. The molecule has 6 heteroatoms. The molecule has 1 aromatic heterocycles. The average molecular weight is 259 g/mol. The number of hydrogen-bond acceptors (Lipinski definition) is 4. The van der Waals surface area contributed by atoms with Crippen LogP contribution in [0.2, 0.25) is 0 Å². The number of carbonyl (C=O) groups is 1. The summed E-state index contributed by atoms with van der Waals surface area (Å²) in [5.41, 5.74) is 1.36. The van der Waals surface area contributed by atoms with Crippen molar-refractivity contribution in [1.82, 2.24) is 25.8 Å². The predicted molar refractivity (Wildman–Crippen MR) is 72.7 cm³/mol. The second kappa shape index (κ2) is 6.65. The number of H-pyrrole nitrogens is 1. The van der Waals surface area contributed by atoms with Crippen molar-refractivity contribution in [3.8, 4) is 11.4 Å². The lowest BCUT2D eigenvalue weighted by Crippen LogP contribution is -2.27. The maximum Gasteiger partial charge on any atom is 0.252 e. The predicted octanol–water partition coefficient (Wildman–Crippen LogP) is 0.811. The highest BCUT2D eigenvalue weighted by molar-refractivity contribution is 6.00. The van der Waals surface area contributed by atoms with Crippen LogP contribution in [0.5, 0.6) is 0 Å². The van der Waals surface area contributed by atoms with Gasteiger partial charge >= 0.3 is 0 Å². The summed E-state index contributed by atoms with van der Waals surface area (Å²) in [7, 11) is 1.89. The molecule has 0 saturated carbocycles. The van der Waals surface area contributed by atoms with Gasteiger partial charge in [0.15, 0.2) is 5.82 Å². The minimum Gasteiger partial charge on any atom is -0.352 e. The molecule has 2 aromatic rings. The summed E-state index contributed by atoms with van der Waals surface area (Å²) in [6.07, 6.45) is 2.32. The lowest BCUT2D eigenvalue weighted by molar-refractivity contribution is 0.0954. The highest BCUT2D eigenvalue weighted by Gasteiger charge is 2.13. The van der Waals surface area contributed by atoms with Gasteiger partial charge in [0.1, 0.15) is 6.33 Å². The molecule has 0 saturated heterocycles. The van der Waals surface area contributed by atoms with Gasteiger partial charge in [0.2, 0.25) is 0 Å². The maximum absolute atomic E-state index is 12.1. The van der Waals surface area contributed by atoms with Gasteiger partial charge in [-0.1, -0.05) is 18.2 Å². The van der Waals surface area contributed by atoms with Crippen molar-refractivity contribution in [1.29, 1.82) is 0 Å². The smallest absolute Gasteiger partial charge is 0.252 e. The lowest BCUT2D eigenvalue weighted by Gasteiger charge is -2.08. The van der Waals surface area contributed by atoms with Crippen LogP contribution < -0.4 is 10.6 Å². The number of benzene rings is 1. The average Bonchev–Trinajstić information content (AvgIpc) is 2.97. The summed E-state index contributed by atoms with van der Waals surface area (Å²) >= 11 is 0. The molecular weight excluding hydrogens is 242 g/mol. The van der Waals surface area contributed by atoms with E-state index in [4.69, 9.17) is 0 Å². The quantitative estimate of drug-likeness (QED) is 0.670. The van der Waals surface area contributed by atoms with Crippen molar-refractivity contribution in [2.75, 3.05) is 20.1 Å². The van der Waals surface area contributed by atoms with E-state index in [1.807, 2.05) is 25.2 Å². The molecule has 0 aliphatic heterocycles. The van der Waals surface area contributed by atoms with Gasteiger partial charge in [-0.2, -0.15) is 5.10 Å². The van der Waals surface area contributed by atoms with Crippen LogP contribution in [-0.2, 0) is 0 Å². The second-order valence-electron chi connectivity index (χ2n) is 4.09. The summed E-state index contributed by atoms with van der Waals surface area (Å²) in [6.45, 7) is 1.52. The number of amides is 1. The number of nitrogens with one attached hydrogen (secondary N) is 3. The summed E-state index contributed by atoms with van der Waals surface area (Å²) in [6, 6.07) is 7.34. The van der Waals surface area contributed by atoms with Gasteiger partial charge in [0, 0.05) is 12.1 Å². The van der Waals surface area contributed by atoms with E-state index >= 15 is 0 Å². The van der Waals surface area contributed by atoms with Crippen LogP contribution in [0.1, 0.15) is 16.8 Å². The van der Waals surface area contributed by atoms with Gasteiger partial charge in [-0.3, -0.25) is 9.89 Å². The molecule has 2 rings (SSSR count). The molecular formula is C13H17N5O. The number of aromatic amines is 1. The highest BCUT2D eigenvalue weighted by atomic mass is 16.1. The highest BCUT2D eigenvalue weighted by Crippen LogP contribution is 2.18. The fraction of sp³-hybridized carbons (Fsp3) is 0.308. The lowest BCUT2D eigenvalue weighted by atomic mass is 10.1. The monoisotopic (exact) mass is 259 g/mol. The van der Waals surface area contributed by atoms with Gasteiger partial charge in [-0.05, 0) is 26.1 Å². The Labute approximate surface area is 111 Å². The van der Waals surface area contributed by atoms with E-state index in [9.17, 15) is 4.79 Å². The molecule has 6 nitrogen and oxygen atoms in total. The van der Waals surface area contributed by atoms with E-state index in [2.05, 4.69) is 25.8 Å². The van der Waals surface area contributed by atoms with E-state index in [0.29, 0.717) is 17.9 Å². The van der Waals surface area contributed by atoms with Gasteiger partial charge in [0.25, 0.3) is 5.91 Å². The molecule has 0 aliphatic carbocycles. The minimum absolute atomic E-state index is 0.0943. The van der Waals surface area contributed by atoms with Crippen molar-refractivity contribution >= 4 is 5.91 Å². The zero-order valence-corrected chi connectivity index (χ0v) is 10.8. The summed E-state index contributed by atoms with van der Waals surface area (Å²) in [5.74, 6) is 0.504. The molecule has 19 heavy (non-hydrogen) atoms. The molecule has 0 radical (unpaired) electrons. The first-order valence-electron chi connectivity index (χ1n) is 6.20. The first-order valence-corrected chi connectivity index (χ1v) is 6.20. The Hall–Kier alpha value is -2.21. The van der Waals surface area contributed by atoms with Gasteiger partial charge < -0.3 is 10.6 Å². The Balaban J connectivity index is 2.09. The zero-order chi connectivity index (χ0) is 13.5. The van der Waals surface area contributed by atoms with E-state index in [1.54, 1.807) is 6.07 Å². The van der Waals surface area contributed by atoms with Crippen LogP contribution in [-0.4, -0.2) is 41.2 Å². The van der Waals surface area contributed by atoms with E-state index in [1.165, 1.54) is 6.33 Å². The number of carbonyl (C=O) groups excluding carboxylic acids is 1. The molecule has 0 fully saturated rings. The van der Waals surface area contributed by atoms with Crippen molar-refractivity contribution in [2.45, 2.75) is 6.42 Å². The van der Waals surface area contributed by atoms with Gasteiger partial charge in [-0.25, -0.2) is 4.98 Å². The molecule has 100 valence electrons. The topological polar surface area (TPSA) is 82.7 Å². The van der Waals surface area contributed by atoms with Crippen LogP contribution >= 0.6 is 0 Å². The minimum atomic E-state index is -0.0943. The van der Waals surface area contributed by atoms with Gasteiger partial charge in [0.05, 0.1) is 5.56 Å². The molecule has 0 spiro atoms. The van der Waals surface area contributed by atoms with E-state index < -0.39 is 0 Å². The number of hydrogen-bond donors (Lipinski definition) is 3. The molecule has 0 aliphatic rings. The van der Waals surface area contributed by atoms with Crippen molar-refractivity contribution < 1.29 is 4.79 Å². The van der Waals surface area contributed by atoms with Gasteiger partial charge in [-0.15, -0.1) is 0 Å². The summed E-state index contributed by atoms with van der Waals surface area (Å²) in [5, 5.41) is 12.5. The van der Waals surface area contributed by atoms with Crippen LogP contribution in [0.4, 0.5) is 0 Å². The largest absolute Gasteiger partial charge is 0.352 e. The van der Waals surface area contributed by atoms with Crippen LogP contribution in [0.15, 0.2) is 30.6 Å². The Morgan fingerprint density at radius 1 is 1.32 bits per heavy atom. The first kappa shape index (κ1) is 13.2. The molecule has 0 unspecified atom stereocenters. The fourth-order valence-corrected chi connectivity index (χ4v) is 1.79. The third kappa shape index (κ3) is 3.38. The van der Waals surface area contributed by atoms with E-state index in [-0.39, 0.29) is 5.91 Å². The summed E-state index contributed by atoms with van der Waals surface area (Å²) in [4.78, 5) is 16.2. The standard InChI is InChI=1S/C13H17N5O/c1-14-7-4-8-15-13(19)11-6-3-2-5-10(11)12-16-9-17-18-12/h2-3,5-6,9,14H,4,7-8H2,1H3,(H,15,19)(H,16,17,18). The first-order chi connectivity index (χ1) is 9.33. The van der Waals surface area contributed by atoms with Crippen molar-refractivity contribution in [2.24, 2.45) is 0 Å². The maximum atomic E-state index is 12.1. The van der Waals surface area contributed by atoms with Crippen LogP contribution in [0.3, 0.4) is 0 Å². The number of aromatic nitrogens is 3. The van der Waals surface area contributed by atoms with Crippen molar-refractivity contribution in [3.05, 3.63) is 36.2 Å². The Morgan fingerprint density at radius 2 is 2.16 bits per heavy atom. The molecule has 0 bridgehead atoms.